The summed E-state index contributed by atoms with van der Waals surface area (Å²) in [7, 11) is -3.42. The average Bonchev–Trinajstić information content (AvgIpc) is 2.28. The van der Waals surface area contributed by atoms with E-state index < -0.39 is 10.0 Å². The van der Waals surface area contributed by atoms with Crippen molar-refractivity contribution in [2.24, 2.45) is 0 Å². The Morgan fingerprint density at radius 3 is 2.44 bits per heavy atom. The van der Waals surface area contributed by atoms with Gasteiger partial charge in [0.25, 0.3) is 0 Å². The van der Waals surface area contributed by atoms with Gasteiger partial charge in [-0.15, -0.1) is 0 Å². The summed E-state index contributed by atoms with van der Waals surface area (Å²) in [5.41, 5.74) is 0.807. The fraction of sp³-hybridized carbons (Fsp3) is 0.300. The van der Waals surface area contributed by atoms with E-state index in [2.05, 4.69) is 20.7 Å². The van der Waals surface area contributed by atoms with Gasteiger partial charge in [0, 0.05) is 11.9 Å². The Morgan fingerprint density at radius 2 is 1.94 bits per heavy atom. The van der Waals surface area contributed by atoms with Crippen molar-refractivity contribution in [3.63, 3.8) is 0 Å². The molecule has 0 aliphatic rings. The second-order valence-electron chi connectivity index (χ2n) is 3.07. The van der Waals surface area contributed by atoms with E-state index in [9.17, 15) is 8.42 Å². The normalized spacial score (nSPS) is 11.0. The van der Waals surface area contributed by atoms with Gasteiger partial charge in [-0.3, -0.25) is 0 Å². The molecule has 0 saturated carbocycles. The summed E-state index contributed by atoms with van der Waals surface area (Å²) < 4.78 is 25.8. The highest BCUT2D eigenvalue weighted by atomic mass is 79.9. The minimum absolute atomic E-state index is 0.218. The van der Waals surface area contributed by atoms with Crippen LogP contribution in [0.3, 0.4) is 0 Å². The summed E-state index contributed by atoms with van der Waals surface area (Å²) in [6, 6.07) is 8.30. The molecule has 16 heavy (non-hydrogen) atoms. The summed E-state index contributed by atoms with van der Waals surface area (Å²) in [4.78, 5) is 0.218. The van der Waals surface area contributed by atoms with Crippen LogP contribution in [-0.2, 0) is 16.4 Å². The molecule has 0 aliphatic carbocycles. The Hall–Kier alpha value is -0.900. The SMILES string of the molecule is N#CCc1ccc(S(=O)(=O)NCCBr)cc1. The second kappa shape index (κ2) is 5.99. The number of sulfonamides is 1. The van der Waals surface area contributed by atoms with Gasteiger partial charge in [0.1, 0.15) is 0 Å². The molecule has 0 aliphatic heterocycles. The molecule has 0 radical (unpaired) electrons. The number of hydrogen-bond donors (Lipinski definition) is 1. The first-order chi connectivity index (χ1) is 7.60. The predicted molar refractivity (Wildman–Crippen MR) is 64.7 cm³/mol. The first-order valence-corrected chi connectivity index (χ1v) is 7.22. The molecule has 1 N–H and O–H groups in total. The molecule has 6 heteroatoms. The summed E-state index contributed by atoms with van der Waals surface area (Å²) in [6.07, 6.45) is 0.287. The van der Waals surface area contributed by atoms with E-state index in [1.807, 2.05) is 6.07 Å². The lowest BCUT2D eigenvalue weighted by Gasteiger charge is -2.05. The van der Waals surface area contributed by atoms with Crippen LogP contribution in [0.15, 0.2) is 29.2 Å². The molecule has 0 amide bonds. The molecule has 0 aromatic heterocycles. The van der Waals surface area contributed by atoms with Crippen molar-refractivity contribution >= 4 is 26.0 Å². The number of rotatable bonds is 5. The van der Waals surface area contributed by atoms with Crippen LogP contribution < -0.4 is 4.72 Å². The van der Waals surface area contributed by atoms with Crippen molar-refractivity contribution < 1.29 is 8.42 Å². The average molecular weight is 303 g/mol. The van der Waals surface area contributed by atoms with E-state index in [-0.39, 0.29) is 11.3 Å². The van der Waals surface area contributed by atoms with Gasteiger partial charge in [0.2, 0.25) is 10.0 Å². The third-order valence-corrected chi connectivity index (χ3v) is 3.78. The zero-order valence-electron chi connectivity index (χ0n) is 8.48. The Labute approximate surface area is 103 Å². The highest BCUT2D eigenvalue weighted by Crippen LogP contribution is 2.10. The largest absolute Gasteiger partial charge is 0.240 e. The molecule has 1 aromatic rings. The van der Waals surface area contributed by atoms with Gasteiger partial charge in [0.15, 0.2) is 0 Å². The number of benzene rings is 1. The minimum atomic E-state index is -3.42. The fourth-order valence-corrected chi connectivity index (χ4v) is 2.63. The van der Waals surface area contributed by atoms with Crippen molar-refractivity contribution in [3.8, 4) is 6.07 Å². The molecule has 0 atom stereocenters. The van der Waals surface area contributed by atoms with Crippen LogP contribution in [-0.4, -0.2) is 20.3 Å². The van der Waals surface area contributed by atoms with Crippen LogP contribution >= 0.6 is 15.9 Å². The van der Waals surface area contributed by atoms with E-state index in [0.29, 0.717) is 11.9 Å². The molecule has 1 aromatic carbocycles. The standard InChI is InChI=1S/C10H11BrN2O2S/c11-6-8-13-16(14,15)10-3-1-9(2-4-10)5-7-12/h1-4,13H,5-6,8H2. The van der Waals surface area contributed by atoms with Gasteiger partial charge >= 0.3 is 0 Å². The molecule has 0 spiro atoms. The van der Waals surface area contributed by atoms with Gasteiger partial charge in [0.05, 0.1) is 17.4 Å². The number of nitrogens with zero attached hydrogens (tertiary/aromatic N) is 1. The Bertz CT molecular complexity index is 477. The third kappa shape index (κ3) is 3.59. The maximum Gasteiger partial charge on any atom is 0.240 e. The van der Waals surface area contributed by atoms with Crippen LogP contribution in [0.5, 0.6) is 0 Å². The smallest absolute Gasteiger partial charge is 0.210 e. The highest BCUT2D eigenvalue weighted by Gasteiger charge is 2.12. The molecule has 0 fully saturated rings. The van der Waals surface area contributed by atoms with E-state index in [1.165, 1.54) is 12.1 Å². The van der Waals surface area contributed by atoms with Crippen molar-refractivity contribution in [1.29, 1.82) is 5.26 Å². The van der Waals surface area contributed by atoms with Crippen LogP contribution in [0.25, 0.3) is 0 Å². The Balaban J connectivity index is 2.85. The number of alkyl halides is 1. The first-order valence-electron chi connectivity index (χ1n) is 4.61. The molecule has 4 nitrogen and oxygen atoms in total. The molecule has 86 valence electrons. The third-order valence-electron chi connectivity index (χ3n) is 1.90. The first kappa shape index (κ1) is 13.2. The Kier molecular flexibility index (Phi) is 4.93. The number of hydrogen-bond acceptors (Lipinski definition) is 3. The van der Waals surface area contributed by atoms with E-state index in [4.69, 9.17) is 5.26 Å². The summed E-state index contributed by atoms with van der Waals surface area (Å²) in [5, 5.41) is 9.05. The second-order valence-corrected chi connectivity index (χ2v) is 5.63. The number of halogens is 1. The minimum Gasteiger partial charge on any atom is -0.210 e. The maximum atomic E-state index is 11.7. The summed E-state index contributed by atoms with van der Waals surface area (Å²) >= 11 is 3.14. The molecular formula is C10H11BrN2O2S. The van der Waals surface area contributed by atoms with Crippen LogP contribution in [0.1, 0.15) is 5.56 Å². The molecule has 0 saturated heterocycles. The lowest BCUT2D eigenvalue weighted by Crippen LogP contribution is -2.25. The summed E-state index contributed by atoms with van der Waals surface area (Å²) in [6.45, 7) is 0.349. The maximum absolute atomic E-state index is 11.7. The van der Waals surface area contributed by atoms with Gasteiger partial charge in [-0.25, -0.2) is 13.1 Å². The van der Waals surface area contributed by atoms with Gasteiger partial charge in [-0.2, -0.15) is 5.26 Å². The zero-order valence-corrected chi connectivity index (χ0v) is 10.9. The monoisotopic (exact) mass is 302 g/mol. The topological polar surface area (TPSA) is 70.0 Å². The van der Waals surface area contributed by atoms with Crippen molar-refractivity contribution in [1.82, 2.24) is 4.72 Å². The van der Waals surface area contributed by atoms with E-state index >= 15 is 0 Å². The van der Waals surface area contributed by atoms with Crippen molar-refractivity contribution in [2.75, 3.05) is 11.9 Å². The molecule has 0 unspecified atom stereocenters. The lowest BCUT2D eigenvalue weighted by molar-refractivity contribution is 0.584. The van der Waals surface area contributed by atoms with Crippen molar-refractivity contribution in [3.05, 3.63) is 29.8 Å². The predicted octanol–water partition coefficient (Wildman–Crippen LogP) is 1.43. The van der Waals surface area contributed by atoms with Gasteiger partial charge in [-0.1, -0.05) is 28.1 Å². The number of nitriles is 1. The fourth-order valence-electron chi connectivity index (χ4n) is 1.13. The van der Waals surface area contributed by atoms with Gasteiger partial charge < -0.3 is 0 Å². The zero-order chi connectivity index (χ0) is 12.0. The lowest BCUT2D eigenvalue weighted by atomic mass is 10.2. The summed E-state index contributed by atoms with van der Waals surface area (Å²) in [5.74, 6) is 0. The highest BCUT2D eigenvalue weighted by molar-refractivity contribution is 9.09. The quantitative estimate of drug-likeness (QED) is 0.837. The van der Waals surface area contributed by atoms with E-state index in [0.717, 1.165) is 5.56 Å². The van der Waals surface area contributed by atoms with E-state index in [1.54, 1.807) is 12.1 Å². The molecule has 0 heterocycles. The Morgan fingerprint density at radius 1 is 1.31 bits per heavy atom. The molecule has 1 rings (SSSR count). The van der Waals surface area contributed by atoms with Crippen molar-refractivity contribution in [2.45, 2.75) is 11.3 Å². The number of nitrogens with one attached hydrogen (secondary N) is 1. The molecular weight excluding hydrogens is 292 g/mol. The molecule has 0 bridgehead atoms. The van der Waals surface area contributed by atoms with Crippen LogP contribution in [0.4, 0.5) is 0 Å². The van der Waals surface area contributed by atoms with Crippen LogP contribution in [0, 0.1) is 11.3 Å². The van der Waals surface area contributed by atoms with Crippen LogP contribution in [0.2, 0.25) is 0 Å². The van der Waals surface area contributed by atoms with Gasteiger partial charge in [-0.05, 0) is 17.7 Å².